The molecular weight excluding hydrogens is 404 g/mol. The molecule has 0 bridgehead atoms. The van der Waals surface area contributed by atoms with E-state index in [-0.39, 0.29) is 0 Å². The Bertz CT molecular complexity index is 1080. The van der Waals surface area contributed by atoms with E-state index >= 15 is 0 Å². The quantitative estimate of drug-likeness (QED) is 0.524. The van der Waals surface area contributed by atoms with E-state index in [9.17, 15) is 4.79 Å². The summed E-state index contributed by atoms with van der Waals surface area (Å²) in [6.07, 6.45) is 5.45. The molecule has 1 saturated heterocycles. The minimum atomic E-state index is -0.535. The van der Waals surface area contributed by atoms with Gasteiger partial charge in [0, 0.05) is 56.0 Å². The smallest absolute Gasteiger partial charge is 0.254 e. The topological polar surface area (TPSA) is 112 Å². The number of amides is 1. The van der Waals surface area contributed by atoms with Crippen LogP contribution in [0.15, 0.2) is 54.9 Å². The zero-order valence-corrected chi connectivity index (χ0v) is 17.7. The van der Waals surface area contributed by atoms with E-state index in [1.807, 2.05) is 30.5 Å². The maximum Gasteiger partial charge on any atom is 0.254 e. The highest BCUT2D eigenvalue weighted by Crippen LogP contribution is 2.27. The standard InChI is InChI=1S/C23H26N8O/c24-21(32)19-15-26-23(29-22(19)27-16-4-5-16)28-17-6-8-18(9-7-17)30-11-13-31(14-12-30)20-3-1-2-10-25-20/h1-3,6-10,15-16H,4-5,11-14H2,(H2,24,32)(H2,26,27,28,29). The van der Waals surface area contributed by atoms with Gasteiger partial charge in [-0.05, 0) is 49.2 Å². The molecule has 2 aliphatic rings. The van der Waals surface area contributed by atoms with Crippen molar-refractivity contribution in [3.8, 4) is 0 Å². The lowest BCUT2D eigenvalue weighted by Gasteiger charge is -2.36. The number of nitrogens with one attached hydrogen (secondary N) is 2. The number of aromatic nitrogens is 3. The number of pyridine rings is 1. The first kappa shape index (κ1) is 20.0. The van der Waals surface area contributed by atoms with Gasteiger partial charge in [-0.3, -0.25) is 4.79 Å². The predicted molar refractivity (Wildman–Crippen MR) is 126 cm³/mol. The Morgan fingerprint density at radius 2 is 1.72 bits per heavy atom. The molecule has 164 valence electrons. The number of hydrogen-bond acceptors (Lipinski definition) is 8. The normalized spacial score (nSPS) is 16.0. The largest absolute Gasteiger partial charge is 0.368 e. The summed E-state index contributed by atoms with van der Waals surface area (Å²) >= 11 is 0. The van der Waals surface area contributed by atoms with Gasteiger partial charge < -0.3 is 26.2 Å². The van der Waals surface area contributed by atoms with Crippen LogP contribution < -0.4 is 26.2 Å². The average Bonchev–Trinajstić information content (AvgIpc) is 3.64. The molecule has 9 heteroatoms. The average molecular weight is 431 g/mol. The minimum Gasteiger partial charge on any atom is -0.368 e. The number of primary amides is 1. The predicted octanol–water partition coefficient (Wildman–Crippen LogP) is 2.62. The molecule has 5 rings (SSSR count). The molecule has 0 atom stereocenters. The van der Waals surface area contributed by atoms with Crippen molar-refractivity contribution in [1.29, 1.82) is 0 Å². The first-order valence-electron chi connectivity index (χ1n) is 10.9. The second-order valence-electron chi connectivity index (χ2n) is 8.07. The third-order valence-corrected chi connectivity index (χ3v) is 5.71. The summed E-state index contributed by atoms with van der Waals surface area (Å²) in [7, 11) is 0. The van der Waals surface area contributed by atoms with Gasteiger partial charge in [-0.15, -0.1) is 0 Å². The van der Waals surface area contributed by atoms with Crippen LogP contribution in [0.2, 0.25) is 0 Å². The number of rotatable bonds is 7. The first-order valence-corrected chi connectivity index (χ1v) is 10.9. The highest BCUT2D eigenvalue weighted by molar-refractivity contribution is 5.97. The van der Waals surface area contributed by atoms with Gasteiger partial charge in [-0.25, -0.2) is 9.97 Å². The molecule has 2 fully saturated rings. The van der Waals surface area contributed by atoms with Crippen LogP contribution in [0.1, 0.15) is 23.2 Å². The fourth-order valence-electron chi connectivity index (χ4n) is 3.77. The molecule has 1 saturated carbocycles. The molecule has 2 aromatic heterocycles. The van der Waals surface area contributed by atoms with E-state index in [4.69, 9.17) is 5.73 Å². The fraction of sp³-hybridized carbons (Fsp3) is 0.304. The van der Waals surface area contributed by atoms with Crippen molar-refractivity contribution in [3.05, 3.63) is 60.4 Å². The molecule has 3 heterocycles. The second kappa shape index (κ2) is 8.70. The molecule has 1 aromatic carbocycles. The molecule has 0 unspecified atom stereocenters. The van der Waals surface area contributed by atoms with Crippen LogP contribution in [-0.4, -0.2) is 53.1 Å². The summed E-state index contributed by atoms with van der Waals surface area (Å²) < 4.78 is 0. The number of piperazine rings is 1. The lowest BCUT2D eigenvalue weighted by Crippen LogP contribution is -2.46. The number of nitrogens with zero attached hydrogens (tertiary/aromatic N) is 5. The van der Waals surface area contributed by atoms with Crippen molar-refractivity contribution in [2.45, 2.75) is 18.9 Å². The van der Waals surface area contributed by atoms with Crippen LogP contribution >= 0.6 is 0 Å². The van der Waals surface area contributed by atoms with E-state index in [0.717, 1.165) is 50.5 Å². The Labute approximate surface area is 186 Å². The molecule has 0 radical (unpaired) electrons. The Balaban J connectivity index is 1.22. The molecule has 4 N–H and O–H groups in total. The number of benzene rings is 1. The van der Waals surface area contributed by atoms with Crippen LogP contribution in [0.25, 0.3) is 0 Å². The molecule has 0 spiro atoms. The number of carbonyl (C=O) groups excluding carboxylic acids is 1. The highest BCUT2D eigenvalue weighted by Gasteiger charge is 2.24. The Kier molecular flexibility index (Phi) is 5.45. The number of carbonyl (C=O) groups is 1. The number of nitrogens with two attached hydrogens (primary N) is 1. The summed E-state index contributed by atoms with van der Waals surface area (Å²) in [4.78, 5) is 29.5. The zero-order valence-electron chi connectivity index (χ0n) is 17.7. The second-order valence-corrected chi connectivity index (χ2v) is 8.07. The Hall–Kier alpha value is -3.88. The van der Waals surface area contributed by atoms with E-state index in [0.29, 0.717) is 23.4 Å². The molecule has 1 aliphatic carbocycles. The summed E-state index contributed by atoms with van der Waals surface area (Å²) in [6.45, 7) is 3.76. The lowest BCUT2D eigenvalue weighted by atomic mass is 10.2. The van der Waals surface area contributed by atoms with Gasteiger partial charge in [0.05, 0.1) is 5.56 Å². The lowest BCUT2D eigenvalue weighted by molar-refractivity contribution is 0.100. The van der Waals surface area contributed by atoms with Crippen molar-refractivity contribution >= 4 is 34.9 Å². The molecule has 32 heavy (non-hydrogen) atoms. The van der Waals surface area contributed by atoms with Crippen molar-refractivity contribution in [1.82, 2.24) is 15.0 Å². The van der Waals surface area contributed by atoms with Crippen molar-refractivity contribution in [2.75, 3.05) is 46.6 Å². The summed E-state index contributed by atoms with van der Waals surface area (Å²) in [5.41, 5.74) is 7.82. The van der Waals surface area contributed by atoms with E-state index in [1.54, 1.807) is 0 Å². The van der Waals surface area contributed by atoms with E-state index in [1.165, 1.54) is 11.9 Å². The number of anilines is 5. The molecule has 3 aromatic rings. The van der Waals surface area contributed by atoms with Gasteiger partial charge in [0.25, 0.3) is 5.91 Å². The summed E-state index contributed by atoms with van der Waals surface area (Å²) in [5.74, 6) is 1.41. The van der Waals surface area contributed by atoms with Crippen LogP contribution in [0.3, 0.4) is 0 Å². The maximum absolute atomic E-state index is 11.7. The highest BCUT2D eigenvalue weighted by atomic mass is 16.1. The third-order valence-electron chi connectivity index (χ3n) is 5.71. The summed E-state index contributed by atoms with van der Waals surface area (Å²) in [5, 5.41) is 6.47. The molecular formula is C23H26N8O. The van der Waals surface area contributed by atoms with Crippen molar-refractivity contribution in [3.63, 3.8) is 0 Å². The molecule has 1 aliphatic heterocycles. The van der Waals surface area contributed by atoms with Gasteiger partial charge >= 0.3 is 0 Å². The maximum atomic E-state index is 11.7. The SMILES string of the molecule is NC(=O)c1cnc(Nc2ccc(N3CCN(c4ccccn4)CC3)cc2)nc1NC1CC1. The minimum absolute atomic E-state index is 0.308. The Morgan fingerprint density at radius 1 is 0.969 bits per heavy atom. The van der Waals surface area contributed by atoms with Crippen LogP contribution in [0, 0.1) is 0 Å². The van der Waals surface area contributed by atoms with Gasteiger partial charge in [0.2, 0.25) is 5.95 Å². The number of hydrogen-bond donors (Lipinski definition) is 3. The van der Waals surface area contributed by atoms with Gasteiger partial charge in [0.1, 0.15) is 11.6 Å². The van der Waals surface area contributed by atoms with Crippen LogP contribution in [0.4, 0.5) is 29.0 Å². The Morgan fingerprint density at radius 3 is 2.38 bits per heavy atom. The van der Waals surface area contributed by atoms with Gasteiger partial charge in [0.15, 0.2) is 0 Å². The molecule has 9 nitrogen and oxygen atoms in total. The third kappa shape index (κ3) is 4.56. The van der Waals surface area contributed by atoms with Gasteiger partial charge in [-0.2, -0.15) is 4.98 Å². The van der Waals surface area contributed by atoms with Crippen LogP contribution in [0.5, 0.6) is 0 Å². The van der Waals surface area contributed by atoms with E-state index in [2.05, 4.69) is 53.6 Å². The zero-order chi connectivity index (χ0) is 21.9. The van der Waals surface area contributed by atoms with Crippen LogP contribution in [-0.2, 0) is 0 Å². The van der Waals surface area contributed by atoms with E-state index < -0.39 is 5.91 Å². The molecule has 1 amide bonds. The summed E-state index contributed by atoms with van der Waals surface area (Å²) in [6, 6.07) is 14.6. The van der Waals surface area contributed by atoms with Gasteiger partial charge in [-0.1, -0.05) is 6.07 Å². The monoisotopic (exact) mass is 430 g/mol. The van der Waals surface area contributed by atoms with Crippen molar-refractivity contribution in [2.24, 2.45) is 5.73 Å². The first-order chi connectivity index (χ1) is 15.7. The fourth-order valence-corrected chi connectivity index (χ4v) is 3.77. The van der Waals surface area contributed by atoms with Crippen molar-refractivity contribution < 1.29 is 4.79 Å².